The number of hydrogen-bond acceptors (Lipinski definition) is 1. The Morgan fingerprint density at radius 2 is 2.00 bits per heavy atom. The van der Waals surface area contributed by atoms with Crippen LogP contribution >= 0.6 is 0 Å². The maximum atomic E-state index is 10.4. The van der Waals surface area contributed by atoms with E-state index in [1.807, 2.05) is 0 Å². The van der Waals surface area contributed by atoms with Gasteiger partial charge in [0.15, 0.2) is 0 Å². The van der Waals surface area contributed by atoms with Crippen molar-refractivity contribution in [2.45, 2.75) is 60.0 Å². The number of halogens is 1. The number of aliphatic hydroxyl groups excluding tert-OH is 1. The second-order valence-corrected chi connectivity index (χ2v) is 13.0. The van der Waals surface area contributed by atoms with Crippen LogP contribution < -0.4 is 12.4 Å². The molecule has 2 saturated carbocycles. The summed E-state index contributed by atoms with van der Waals surface area (Å²) in [6.07, 6.45) is 3.78. The molecule has 1 N–H and O–H groups in total. The normalized spacial score (nSPS) is 40.1. The molecule has 2 aliphatic carbocycles. The van der Waals surface area contributed by atoms with Gasteiger partial charge in [0.25, 0.3) is 0 Å². The quantitative estimate of drug-likeness (QED) is 0.719. The summed E-state index contributed by atoms with van der Waals surface area (Å²) in [5, 5.41) is 10.4. The minimum Gasteiger partial charge on any atom is -1.00 e. The Morgan fingerprint density at radius 1 is 1.38 bits per heavy atom. The van der Waals surface area contributed by atoms with Crippen LogP contribution in [0.25, 0.3) is 0 Å². The summed E-state index contributed by atoms with van der Waals surface area (Å²) in [6.45, 7) is 7.18. The number of aliphatic hydroxyl groups is 1. The van der Waals surface area contributed by atoms with Gasteiger partial charge in [-0.3, -0.25) is 0 Å². The molecule has 2 bridgehead atoms. The summed E-state index contributed by atoms with van der Waals surface area (Å²) in [4.78, 5) is 2.51. The maximum Gasteiger partial charge on any atom is -1.00 e. The van der Waals surface area contributed by atoms with Gasteiger partial charge in [-0.05, 0) is 0 Å². The third-order valence-corrected chi connectivity index (χ3v) is 11.1. The van der Waals surface area contributed by atoms with Crippen molar-refractivity contribution in [3.05, 3.63) is 0 Å². The Bertz CT molecular complexity index is 256. The Kier molecular flexibility index (Phi) is 4.68. The Hall–Kier alpha value is 1.04. The summed E-state index contributed by atoms with van der Waals surface area (Å²) < 4.78 is 2.82. The van der Waals surface area contributed by atoms with Crippen LogP contribution in [-0.2, 0) is 0 Å². The second-order valence-electron chi connectivity index (χ2n) is 6.08. The van der Waals surface area contributed by atoms with Crippen LogP contribution in [0.2, 0.25) is 13.9 Å². The molecule has 0 aliphatic heterocycles. The molecule has 0 aromatic carbocycles. The van der Waals surface area contributed by atoms with Crippen LogP contribution in [0.5, 0.6) is 0 Å². The van der Waals surface area contributed by atoms with Crippen LogP contribution in [0.4, 0.5) is 0 Å². The van der Waals surface area contributed by atoms with Crippen LogP contribution in [0.3, 0.4) is 0 Å². The Labute approximate surface area is 113 Å². The van der Waals surface area contributed by atoms with Crippen LogP contribution in [0, 0.1) is 16.7 Å². The molecule has 0 radical (unpaired) electrons. The Balaban J connectivity index is 0.00000128. The minimum absolute atomic E-state index is 0. The molecule has 0 aromatic heterocycles. The molecule has 0 saturated heterocycles. The van der Waals surface area contributed by atoms with Crippen LogP contribution in [0.15, 0.2) is 0 Å². The van der Waals surface area contributed by atoms with Crippen LogP contribution in [0.1, 0.15) is 40.0 Å². The van der Waals surface area contributed by atoms with Gasteiger partial charge in [0.2, 0.25) is 0 Å². The summed E-state index contributed by atoms with van der Waals surface area (Å²) in [5.41, 5.74) is 0.732. The maximum absolute atomic E-state index is 10.4. The van der Waals surface area contributed by atoms with Crippen molar-refractivity contribution in [3.8, 4) is 0 Å². The van der Waals surface area contributed by atoms with E-state index in [9.17, 15) is 5.11 Å². The van der Waals surface area contributed by atoms with Crippen LogP contribution in [-0.4, -0.2) is 30.8 Å². The molecule has 3 atom stereocenters. The predicted molar refractivity (Wildman–Crippen MR) is 66.5 cm³/mol. The van der Waals surface area contributed by atoms with E-state index < -0.39 is 19.6 Å². The van der Waals surface area contributed by atoms with Crippen molar-refractivity contribution >= 4 is 19.6 Å². The van der Waals surface area contributed by atoms with E-state index in [1.54, 1.807) is 0 Å². The van der Waals surface area contributed by atoms with Crippen molar-refractivity contribution in [1.29, 1.82) is 0 Å². The molecule has 0 heterocycles. The van der Waals surface area contributed by atoms with E-state index in [4.69, 9.17) is 0 Å². The fourth-order valence-electron chi connectivity index (χ4n) is 3.92. The third kappa shape index (κ3) is 1.95. The van der Waals surface area contributed by atoms with Crippen molar-refractivity contribution < 1.29 is 17.5 Å². The molecule has 0 aromatic rings. The number of hydrogen-bond donors (Lipinski definition) is 1. The molecule has 3 heteroatoms. The molecule has 96 valence electrons. The average Bonchev–Trinajstić information content (AvgIpc) is 2.51. The fourth-order valence-corrected chi connectivity index (χ4v) is 9.04. The van der Waals surface area contributed by atoms with Crippen molar-refractivity contribution in [1.82, 2.24) is 0 Å². The molecule has 16 heavy (non-hydrogen) atoms. The number of rotatable bonds is 3. The van der Waals surface area contributed by atoms with E-state index in [2.05, 4.69) is 25.7 Å². The SMILES string of the molecule is CC[Te+](C)C[C@]12CC[C@H](C[C@H]1O)C2(C)C.[Cl-]. The van der Waals surface area contributed by atoms with Gasteiger partial charge in [0, 0.05) is 0 Å². The third-order valence-electron chi connectivity index (χ3n) is 5.39. The summed E-state index contributed by atoms with van der Waals surface area (Å²) in [7, 11) is 0. The predicted octanol–water partition coefficient (Wildman–Crippen LogP) is 0.322. The minimum atomic E-state index is -0.872. The monoisotopic (exact) mass is 362 g/mol. The summed E-state index contributed by atoms with van der Waals surface area (Å²) in [5.74, 6) is 0.802. The molecule has 2 rings (SSSR count). The first-order valence-electron chi connectivity index (χ1n) is 6.21. The zero-order chi connectivity index (χ0) is 11.3. The van der Waals surface area contributed by atoms with Gasteiger partial charge in [0.1, 0.15) is 0 Å². The average molecular weight is 360 g/mol. The van der Waals surface area contributed by atoms with Gasteiger partial charge in [-0.15, -0.1) is 0 Å². The fraction of sp³-hybridized carbons (Fsp3) is 1.00. The van der Waals surface area contributed by atoms with Crippen molar-refractivity contribution in [2.75, 3.05) is 0 Å². The van der Waals surface area contributed by atoms with E-state index in [-0.39, 0.29) is 18.5 Å². The van der Waals surface area contributed by atoms with Gasteiger partial charge in [-0.2, -0.15) is 0 Å². The standard InChI is InChI=1S/C13H25OTe.ClH/c1-5-15(4)9-13-7-6-10(8-11(13)14)12(13,2)3;/h10-11,14H,5-9H2,1-4H3;1H/q+1;/p-1/t10-,11-,13-;/m1./s1. The van der Waals surface area contributed by atoms with Gasteiger partial charge in [-0.1, -0.05) is 0 Å². The molecular formula is C13H25ClOTe. The van der Waals surface area contributed by atoms with Gasteiger partial charge >= 0.3 is 101 Å². The molecule has 2 aliphatic rings. The number of fused-ring (bicyclic) bond motifs is 2. The molecule has 0 amide bonds. The van der Waals surface area contributed by atoms with Crippen molar-refractivity contribution in [3.63, 3.8) is 0 Å². The smallest absolute Gasteiger partial charge is 1.00 e. The zero-order valence-electron chi connectivity index (χ0n) is 10.9. The van der Waals surface area contributed by atoms with Gasteiger partial charge in [0.05, 0.1) is 0 Å². The molecular weight excluding hydrogens is 335 g/mol. The van der Waals surface area contributed by atoms with E-state index in [0.29, 0.717) is 10.8 Å². The van der Waals surface area contributed by atoms with E-state index in [0.717, 1.165) is 12.3 Å². The first-order chi connectivity index (χ1) is 6.94. The zero-order valence-corrected chi connectivity index (χ0v) is 14.0. The second kappa shape index (κ2) is 4.96. The Morgan fingerprint density at radius 3 is 2.38 bits per heavy atom. The summed E-state index contributed by atoms with van der Waals surface area (Å²) >= 11 is -0.872. The largest absolute Gasteiger partial charge is 1.00 e. The van der Waals surface area contributed by atoms with E-state index in [1.165, 1.54) is 21.8 Å². The molecule has 2 fully saturated rings. The first kappa shape index (κ1) is 15.1. The first-order valence-corrected chi connectivity index (χ1v) is 11.8. The van der Waals surface area contributed by atoms with Gasteiger partial charge in [-0.25, -0.2) is 0 Å². The molecule has 1 nitrogen and oxygen atoms in total. The van der Waals surface area contributed by atoms with Gasteiger partial charge < -0.3 is 12.4 Å². The summed E-state index contributed by atoms with van der Waals surface area (Å²) in [6, 6.07) is 0. The van der Waals surface area contributed by atoms with E-state index >= 15 is 0 Å². The molecule has 0 unspecified atom stereocenters. The molecule has 0 spiro atoms. The topological polar surface area (TPSA) is 20.2 Å². The van der Waals surface area contributed by atoms with Crippen molar-refractivity contribution in [2.24, 2.45) is 16.7 Å².